The van der Waals surface area contributed by atoms with Crippen LogP contribution in [0.25, 0.3) is 169 Å². The van der Waals surface area contributed by atoms with Crippen molar-refractivity contribution in [3.8, 4) is 33.6 Å². The van der Waals surface area contributed by atoms with Crippen molar-refractivity contribution in [1.82, 2.24) is 9.13 Å². The highest BCUT2D eigenvalue weighted by atomic mass is 32.1. The SMILES string of the molecule is c1ccc(N(c2ccc(-c3ccc(-n4c5ccc6c7ccccc7sc6c5c5c6sc7ccccc7c6ccc54)cc3)cc2)c2cccc3ccccc23)cc1.c1ccc(N(c2ccccc2)c2ccc(-c3ccc(-n4c5ccc6c7ccccc7sc6c5c5c6sc7ccccc7c6ccc54)cc3)cc2)cc1. The first-order valence-corrected chi connectivity index (χ1v) is 39.9. The second-order valence-corrected chi connectivity index (χ2v) is 32.0. The number of benzene rings is 17. The van der Waals surface area contributed by atoms with Gasteiger partial charge in [0.05, 0.1) is 27.8 Å². The van der Waals surface area contributed by atoms with Gasteiger partial charge in [0.1, 0.15) is 0 Å². The van der Waals surface area contributed by atoms with Crippen LogP contribution in [0.1, 0.15) is 0 Å². The van der Waals surface area contributed by atoms with E-state index in [1.807, 2.05) is 45.3 Å². The predicted octanol–water partition coefficient (Wildman–Crippen LogP) is 30.5. The maximum absolute atomic E-state index is 2.48. The largest absolute Gasteiger partial charge is 0.311 e. The number of hydrogen-bond acceptors (Lipinski definition) is 6. The summed E-state index contributed by atoms with van der Waals surface area (Å²) in [7, 11) is 0. The predicted molar refractivity (Wildman–Crippen MR) is 471 cm³/mol. The van der Waals surface area contributed by atoms with Crippen LogP contribution < -0.4 is 9.80 Å². The molecule has 23 rings (SSSR count). The van der Waals surface area contributed by atoms with Crippen LogP contribution in [0.15, 0.2) is 376 Å². The number of rotatable bonds is 10. The Morgan fingerprint density at radius 3 is 0.806 bits per heavy atom. The molecule has 0 unspecified atom stereocenters. The van der Waals surface area contributed by atoms with Gasteiger partial charge in [-0.05, 0) is 167 Å². The lowest BCUT2D eigenvalue weighted by atomic mass is 10.0. The summed E-state index contributed by atoms with van der Waals surface area (Å²) in [6.45, 7) is 0. The fourth-order valence-corrected chi connectivity index (χ4v) is 21.9. The minimum Gasteiger partial charge on any atom is -0.311 e. The molecule has 0 atom stereocenters. The van der Waals surface area contributed by atoms with Crippen LogP contribution >= 0.6 is 45.3 Å². The van der Waals surface area contributed by atoms with Crippen molar-refractivity contribution in [2.24, 2.45) is 0 Å². The molecule has 0 fully saturated rings. The lowest BCUT2D eigenvalue weighted by Gasteiger charge is -2.27. The maximum atomic E-state index is 2.48. The second-order valence-electron chi connectivity index (χ2n) is 27.8. The first-order chi connectivity index (χ1) is 53.6. The molecular formula is C100H62N4S4. The average molecular weight is 1450 g/mol. The third-order valence-electron chi connectivity index (χ3n) is 21.8. The molecule has 23 aromatic rings. The number of hydrogen-bond donors (Lipinski definition) is 0. The summed E-state index contributed by atoms with van der Waals surface area (Å²) in [6, 6.07) is 137. The van der Waals surface area contributed by atoms with Gasteiger partial charge in [-0.2, -0.15) is 0 Å². The molecular weight excluding hydrogens is 1390 g/mol. The minimum absolute atomic E-state index is 1.12. The first-order valence-electron chi connectivity index (χ1n) is 36.6. The van der Waals surface area contributed by atoms with Gasteiger partial charge in [0.2, 0.25) is 0 Å². The molecule has 0 radical (unpaired) electrons. The van der Waals surface area contributed by atoms with Crippen molar-refractivity contribution < 1.29 is 0 Å². The van der Waals surface area contributed by atoms with Crippen LogP contribution in [-0.4, -0.2) is 9.13 Å². The molecule has 0 aliphatic heterocycles. The Morgan fingerprint density at radius 1 is 0.185 bits per heavy atom. The standard InChI is InChI=1S/C52H32N2S2.C48H30N2S2/c1-2-13-36(14-3-1)53(44-18-10-12-35-11-4-5-15-39(35)44)37-25-21-33(22-26-37)34-23-27-38(28-24-34)54-45-31-29-42-40-16-6-8-19-47(40)55-51(42)49(45)50-46(54)32-30-43-41-17-7-9-20-48(41)56-52(43)50;1-3-11-33(12-4-1)49(34-13-5-2-6-14-34)35-23-19-31(20-24-35)32-21-25-36(26-22-32)50-41-29-27-39-37-15-7-9-17-43(37)51-47(39)45(41)46-42(50)30-28-40-38-16-8-10-18-44(38)52-48(40)46/h1-32H;1-30H. The topological polar surface area (TPSA) is 16.3 Å². The molecule has 506 valence electrons. The molecule has 0 bridgehead atoms. The Hall–Kier alpha value is -12.9. The van der Waals surface area contributed by atoms with Crippen molar-refractivity contribution in [1.29, 1.82) is 0 Å². The quantitative estimate of drug-likeness (QED) is 0.136. The first kappa shape index (κ1) is 62.5. The van der Waals surface area contributed by atoms with E-state index in [1.54, 1.807) is 0 Å². The number of para-hydroxylation sites is 3. The fraction of sp³-hybridized carbons (Fsp3) is 0. The molecule has 8 heteroatoms. The molecule has 6 heterocycles. The Labute approximate surface area is 638 Å². The number of anilines is 6. The van der Waals surface area contributed by atoms with Crippen LogP contribution in [0.5, 0.6) is 0 Å². The summed E-state index contributed by atoms with van der Waals surface area (Å²) in [4.78, 5) is 4.66. The normalized spacial score (nSPS) is 11.9. The third kappa shape index (κ3) is 10.1. The van der Waals surface area contributed by atoms with E-state index in [4.69, 9.17) is 0 Å². The Morgan fingerprint density at radius 2 is 0.454 bits per heavy atom. The zero-order valence-electron chi connectivity index (χ0n) is 58.2. The molecule has 108 heavy (non-hydrogen) atoms. The van der Waals surface area contributed by atoms with Gasteiger partial charge in [-0.1, -0.05) is 237 Å². The minimum atomic E-state index is 1.12. The molecule has 4 nitrogen and oxygen atoms in total. The van der Waals surface area contributed by atoms with Gasteiger partial charge in [0.25, 0.3) is 0 Å². The van der Waals surface area contributed by atoms with E-state index in [0.717, 1.165) is 34.1 Å². The van der Waals surface area contributed by atoms with E-state index < -0.39 is 0 Å². The molecule has 0 saturated carbocycles. The van der Waals surface area contributed by atoms with Crippen LogP contribution in [-0.2, 0) is 0 Å². The van der Waals surface area contributed by atoms with Gasteiger partial charge < -0.3 is 18.9 Å². The number of fused-ring (bicyclic) bond motifs is 23. The van der Waals surface area contributed by atoms with E-state index in [1.165, 1.54) is 169 Å². The number of nitrogens with zero attached hydrogens (tertiary/aromatic N) is 4. The van der Waals surface area contributed by atoms with E-state index >= 15 is 0 Å². The molecule has 6 aromatic heterocycles. The zero-order chi connectivity index (χ0) is 70.9. The molecule has 0 saturated heterocycles. The van der Waals surface area contributed by atoms with Crippen molar-refractivity contribution in [2.45, 2.75) is 0 Å². The van der Waals surface area contributed by atoms with E-state index in [2.05, 4.69) is 395 Å². The van der Waals surface area contributed by atoms with Crippen LogP contribution in [0.2, 0.25) is 0 Å². The van der Waals surface area contributed by atoms with Gasteiger partial charge >= 0.3 is 0 Å². The van der Waals surface area contributed by atoms with Gasteiger partial charge in [-0.15, -0.1) is 45.3 Å². The second kappa shape index (κ2) is 25.4. The molecule has 0 spiro atoms. The smallest absolute Gasteiger partial charge is 0.0556 e. The summed E-state index contributed by atoms with van der Waals surface area (Å²) in [6.07, 6.45) is 0. The van der Waals surface area contributed by atoms with E-state index in [-0.39, 0.29) is 0 Å². The van der Waals surface area contributed by atoms with Crippen molar-refractivity contribution in [2.75, 3.05) is 9.80 Å². The summed E-state index contributed by atoms with van der Waals surface area (Å²) >= 11 is 7.67. The van der Waals surface area contributed by atoms with Gasteiger partial charge in [0.15, 0.2) is 0 Å². The van der Waals surface area contributed by atoms with Crippen LogP contribution in [0.4, 0.5) is 34.1 Å². The average Bonchev–Trinajstić information content (AvgIpc) is 1.55. The van der Waals surface area contributed by atoms with Crippen molar-refractivity contribution >= 4 is 215 Å². The molecule has 0 N–H and O–H groups in total. The maximum Gasteiger partial charge on any atom is 0.0556 e. The number of aromatic nitrogens is 2. The third-order valence-corrected chi connectivity index (χ3v) is 26.6. The van der Waals surface area contributed by atoms with Crippen molar-refractivity contribution in [3.63, 3.8) is 0 Å². The Balaban J connectivity index is 0.000000134. The highest BCUT2D eigenvalue weighted by molar-refractivity contribution is 7.29. The van der Waals surface area contributed by atoms with Gasteiger partial charge in [-0.25, -0.2) is 0 Å². The van der Waals surface area contributed by atoms with E-state index in [0.29, 0.717) is 0 Å². The fourth-order valence-electron chi connectivity index (χ4n) is 16.9. The lowest BCUT2D eigenvalue weighted by molar-refractivity contribution is 1.18. The van der Waals surface area contributed by atoms with Gasteiger partial charge in [-0.3, -0.25) is 0 Å². The molecule has 0 aliphatic carbocycles. The van der Waals surface area contributed by atoms with E-state index in [9.17, 15) is 0 Å². The Bertz CT molecular complexity index is 7150. The Kier molecular flexibility index (Phi) is 14.7. The highest BCUT2D eigenvalue weighted by Gasteiger charge is 2.25. The molecule has 0 aliphatic rings. The van der Waals surface area contributed by atoms with Gasteiger partial charge in [0, 0.05) is 147 Å². The summed E-state index contributed by atoms with van der Waals surface area (Å²) in [5.41, 5.74) is 18.9. The molecule has 0 amide bonds. The summed E-state index contributed by atoms with van der Waals surface area (Å²) in [5, 5.41) is 18.5. The lowest BCUT2D eigenvalue weighted by Crippen LogP contribution is -2.10. The highest BCUT2D eigenvalue weighted by Crippen LogP contribution is 2.52. The van der Waals surface area contributed by atoms with Crippen LogP contribution in [0.3, 0.4) is 0 Å². The zero-order valence-corrected chi connectivity index (χ0v) is 61.5. The van der Waals surface area contributed by atoms with Crippen molar-refractivity contribution in [3.05, 3.63) is 376 Å². The monoisotopic (exact) mass is 1450 g/mol. The van der Waals surface area contributed by atoms with Crippen LogP contribution in [0, 0.1) is 0 Å². The summed E-state index contributed by atoms with van der Waals surface area (Å²) < 4.78 is 15.7. The summed E-state index contributed by atoms with van der Waals surface area (Å²) in [5.74, 6) is 0. The molecule has 17 aromatic carbocycles. The number of thiophene rings is 4.